The Morgan fingerprint density at radius 3 is 2.87 bits per heavy atom. The second kappa shape index (κ2) is 8.47. The van der Waals surface area contributed by atoms with Crippen LogP contribution in [0.5, 0.6) is 5.88 Å². The van der Waals surface area contributed by atoms with Crippen molar-refractivity contribution in [2.24, 2.45) is 0 Å². The fraction of sp³-hybridized carbons (Fsp3) is 0.438. The summed E-state index contributed by atoms with van der Waals surface area (Å²) in [7, 11) is 0. The van der Waals surface area contributed by atoms with Crippen LogP contribution in [0, 0.1) is 6.92 Å². The molecule has 2 aromatic heterocycles. The second-order valence-corrected chi connectivity index (χ2v) is 6.12. The number of hydrogen-bond donors (Lipinski definition) is 2. The van der Waals surface area contributed by atoms with E-state index in [0.717, 1.165) is 22.7 Å². The highest BCUT2D eigenvalue weighted by atomic mass is 32.1. The molecule has 0 saturated carbocycles. The molecule has 2 rings (SSSR count). The maximum atomic E-state index is 11.9. The Balaban J connectivity index is 1.77. The van der Waals surface area contributed by atoms with Crippen molar-refractivity contribution < 1.29 is 9.53 Å². The maximum Gasteiger partial charge on any atom is 0.315 e. The Labute approximate surface area is 140 Å². The van der Waals surface area contributed by atoms with Crippen molar-refractivity contribution in [3.8, 4) is 5.88 Å². The van der Waals surface area contributed by atoms with Crippen LogP contribution in [0.25, 0.3) is 0 Å². The molecule has 0 saturated heterocycles. The van der Waals surface area contributed by atoms with E-state index in [2.05, 4.69) is 20.6 Å². The van der Waals surface area contributed by atoms with E-state index in [1.165, 1.54) is 0 Å². The number of ether oxygens (including phenoxy) is 1. The number of hydrogen-bond acceptors (Lipinski definition) is 5. The van der Waals surface area contributed by atoms with Gasteiger partial charge in [0.25, 0.3) is 0 Å². The first-order valence-corrected chi connectivity index (χ1v) is 8.50. The zero-order valence-electron chi connectivity index (χ0n) is 13.6. The Morgan fingerprint density at radius 2 is 2.26 bits per heavy atom. The zero-order valence-corrected chi connectivity index (χ0v) is 14.4. The van der Waals surface area contributed by atoms with Crippen LogP contribution in [-0.4, -0.2) is 22.6 Å². The van der Waals surface area contributed by atoms with Crippen LogP contribution in [-0.2, 0) is 6.54 Å². The van der Waals surface area contributed by atoms with Gasteiger partial charge in [-0.15, -0.1) is 11.3 Å². The van der Waals surface area contributed by atoms with Gasteiger partial charge in [0.2, 0.25) is 5.88 Å². The summed E-state index contributed by atoms with van der Waals surface area (Å²) < 4.78 is 5.42. The molecular formula is C16H22N4O2S. The number of aryl methyl sites for hydroxylation is 1. The molecule has 2 aromatic rings. The van der Waals surface area contributed by atoms with Crippen LogP contribution in [0.15, 0.2) is 23.7 Å². The Hall–Kier alpha value is -2.15. The number of aromatic nitrogens is 2. The molecule has 0 aliphatic carbocycles. The van der Waals surface area contributed by atoms with Gasteiger partial charge in [-0.25, -0.2) is 14.8 Å². The summed E-state index contributed by atoms with van der Waals surface area (Å²) in [5.41, 5.74) is 1.89. The summed E-state index contributed by atoms with van der Waals surface area (Å²) in [6.07, 6.45) is 2.65. The normalized spacial score (nSPS) is 11.8. The third-order valence-corrected chi connectivity index (χ3v) is 4.20. The number of rotatable bonds is 7. The predicted molar refractivity (Wildman–Crippen MR) is 90.7 cm³/mol. The predicted octanol–water partition coefficient (Wildman–Crippen LogP) is 3.20. The molecule has 0 aliphatic heterocycles. The van der Waals surface area contributed by atoms with E-state index in [4.69, 9.17) is 4.74 Å². The molecule has 0 aliphatic rings. The zero-order chi connectivity index (χ0) is 16.7. The number of amides is 2. The molecule has 6 nitrogen and oxygen atoms in total. The molecule has 0 unspecified atom stereocenters. The van der Waals surface area contributed by atoms with Gasteiger partial charge in [0.05, 0.1) is 12.6 Å². The van der Waals surface area contributed by atoms with E-state index in [1.54, 1.807) is 17.5 Å². The minimum atomic E-state index is -0.225. The van der Waals surface area contributed by atoms with Crippen molar-refractivity contribution in [2.45, 2.75) is 39.8 Å². The van der Waals surface area contributed by atoms with Gasteiger partial charge in [-0.3, -0.25) is 0 Å². The molecule has 0 fully saturated rings. The van der Waals surface area contributed by atoms with Gasteiger partial charge in [-0.05, 0) is 25.8 Å². The van der Waals surface area contributed by atoms with Crippen molar-refractivity contribution in [1.82, 2.24) is 20.6 Å². The minimum Gasteiger partial charge on any atom is -0.478 e. The number of carbonyl (C=O) groups is 1. The molecule has 1 atom stereocenters. The minimum absolute atomic E-state index is 0.114. The highest BCUT2D eigenvalue weighted by molar-refractivity contribution is 7.09. The van der Waals surface area contributed by atoms with E-state index in [-0.39, 0.29) is 12.1 Å². The number of pyridine rings is 1. The SMILES string of the molecule is CCCOc1ccc(CNC(=O)N[C@@H](C)c2nc(C)cs2)cn1. The first-order valence-electron chi connectivity index (χ1n) is 7.62. The summed E-state index contributed by atoms with van der Waals surface area (Å²) >= 11 is 1.54. The molecule has 0 spiro atoms. The fourth-order valence-corrected chi connectivity index (χ4v) is 2.67. The Bertz CT molecular complexity index is 627. The monoisotopic (exact) mass is 334 g/mol. The van der Waals surface area contributed by atoms with E-state index in [9.17, 15) is 4.79 Å². The smallest absolute Gasteiger partial charge is 0.315 e. The third-order valence-electron chi connectivity index (χ3n) is 3.06. The molecule has 124 valence electrons. The lowest BCUT2D eigenvalue weighted by molar-refractivity contribution is 0.237. The summed E-state index contributed by atoms with van der Waals surface area (Å²) in [4.78, 5) is 20.5. The van der Waals surface area contributed by atoms with Gasteiger partial charge < -0.3 is 15.4 Å². The average Bonchev–Trinajstić information content (AvgIpc) is 2.98. The Morgan fingerprint density at radius 1 is 1.43 bits per heavy atom. The van der Waals surface area contributed by atoms with Gasteiger partial charge >= 0.3 is 6.03 Å². The van der Waals surface area contributed by atoms with Crippen LogP contribution >= 0.6 is 11.3 Å². The van der Waals surface area contributed by atoms with Gasteiger partial charge in [-0.1, -0.05) is 13.0 Å². The van der Waals surface area contributed by atoms with Crippen LogP contribution in [0.2, 0.25) is 0 Å². The van der Waals surface area contributed by atoms with Gasteiger partial charge in [-0.2, -0.15) is 0 Å². The molecule has 2 heterocycles. The Kier molecular flexibility index (Phi) is 6.34. The van der Waals surface area contributed by atoms with Crippen molar-refractivity contribution in [2.75, 3.05) is 6.61 Å². The van der Waals surface area contributed by atoms with E-state index >= 15 is 0 Å². The highest BCUT2D eigenvalue weighted by Gasteiger charge is 2.12. The fourth-order valence-electron chi connectivity index (χ4n) is 1.87. The van der Waals surface area contributed by atoms with Gasteiger partial charge in [0.15, 0.2) is 0 Å². The topological polar surface area (TPSA) is 76.1 Å². The highest BCUT2D eigenvalue weighted by Crippen LogP contribution is 2.17. The summed E-state index contributed by atoms with van der Waals surface area (Å²) in [6, 6.07) is 3.37. The summed E-state index contributed by atoms with van der Waals surface area (Å²) in [5, 5.41) is 8.56. The standard InChI is InChI=1S/C16H22N4O2S/c1-4-7-22-14-6-5-13(8-17-14)9-18-16(21)20-12(3)15-19-11(2)10-23-15/h5-6,8,10,12H,4,7,9H2,1-3H3,(H2,18,20,21)/t12-/m0/s1. The molecule has 0 radical (unpaired) electrons. The van der Waals surface area contributed by atoms with Crippen molar-refractivity contribution >= 4 is 17.4 Å². The number of nitrogens with one attached hydrogen (secondary N) is 2. The van der Waals surface area contributed by atoms with E-state index < -0.39 is 0 Å². The number of carbonyl (C=O) groups excluding carboxylic acids is 1. The quantitative estimate of drug-likeness (QED) is 0.815. The summed E-state index contributed by atoms with van der Waals surface area (Å²) in [6.45, 7) is 6.97. The van der Waals surface area contributed by atoms with Crippen LogP contribution in [0.4, 0.5) is 4.79 Å². The lowest BCUT2D eigenvalue weighted by atomic mass is 10.3. The van der Waals surface area contributed by atoms with Crippen LogP contribution in [0.1, 0.15) is 42.6 Å². The van der Waals surface area contributed by atoms with Gasteiger partial charge in [0.1, 0.15) is 5.01 Å². The first kappa shape index (κ1) is 17.2. The molecular weight excluding hydrogens is 312 g/mol. The summed E-state index contributed by atoms with van der Waals surface area (Å²) in [5.74, 6) is 0.604. The lowest BCUT2D eigenvalue weighted by Crippen LogP contribution is -2.36. The van der Waals surface area contributed by atoms with Crippen molar-refractivity contribution in [1.29, 1.82) is 0 Å². The van der Waals surface area contributed by atoms with Crippen molar-refractivity contribution in [3.05, 3.63) is 40.0 Å². The number of nitrogens with zero attached hydrogens (tertiary/aromatic N) is 2. The van der Waals surface area contributed by atoms with Crippen LogP contribution in [0.3, 0.4) is 0 Å². The molecule has 2 N–H and O–H groups in total. The number of urea groups is 1. The maximum absolute atomic E-state index is 11.9. The second-order valence-electron chi connectivity index (χ2n) is 5.23. The average molecular weight is 334 g/mol. The molecule has 2 amide bonds. The third kappa shape index (κ3) is 5.52. The molecule has 0 bridgehead atoms. The van der Waals surface area contributed by atoms with E-state index in [1.807, 2.05) is 38.3 Å². The lowest BCUT2D eigenvalue weighted by Gasteiger charge is -2.12. The van der Waals surface area contributed by atoms with Crippen LogP contribution < -0.4 is 15.4 Å². The molecule has 23 heavy (non-hydrogen) atoms. The molecule has 7 heteroatoms. The molecule has 0 aromatic carbocycles. The largest absolute Gasteiger partial charge is 0.478 e. The van der Waals surface area contributed by atoms with Crippen molar-refractivity contribution in [3.63, 3.8) is 0 Å². The first-order chi connectivity index (χ1) is 11.1. The van der Waals surface area contributed by atoms with Gasteiger partial charge in [0, 0.05) is 29.9 Å². The van der Waals surface area contributed by atoms with E-state index in [0.29, 0.717) is 19.0 Å². The number of thiazole rings is 1.